The third-order valence-electron chi connectivity index (χ3n) is 6.44. The monoisotopic (exact) mass is 574 g/mol. The Hall–Kier alpha value is -4.34. The van der Waals surface area contributed by atoms with Crippen molar-refractivity contribution in [1.82, 2.24) is 10.2 Å². The van der Waals surface area contributed by atoms with Crippen molar-refractivity contribution in [3.8, 4) is 5.75 Å². The lowest BCUT2D eigenvalue weighted by Crippen LogP contribution is -2.48. The van der Waals surface area contributed by atoms with Crippen LogP contribution in [-0.2, 0) is 6.61 Å². The molecule has 1 aliphatic heterocycles. The summed E-state index contributed by atoms with van der Waals surface area (Å²) < 4.78 is 11.0. The summed E-state index contributed by atoms with van der Waals surface area (Å²) in [5.74, 6) is 0.561. The highest BCUT2D eigenvalue weighted by Crippen LogP contribution is 2.30. The second-order valence-corrected chi connectivity index (χ2v) is 9.95. The summed E-state index contributed by atoms with van der Waals surface area (Å²) in [6.45, 7) is 2.86. The minimum absolute atomic E-state index is 0.113. The molecule has 0 spiro atoms. The Labute approximate surface area is 242 Å². The SMILES string of the molecule is O=C(NC(=S)Nc1ccc(N2CCN(C(=O)c3ccco3)CC2)c(Cl)c1)c1ccc(OCc2ccccc2)cc1. The van der Waals surface area contributed by atoms with Crippen LogP contribution in [0.15, 0.2) is 95.6 Å². The molecule has 1 fully saturated rings. The molecule has 2 amide bonds. The third kappa shape index (κ3) is 6.80. The summed E-state index contributed by atoms with van der Waals surface area (Å²) in [6.07, 6.45) is 1.50. The van der Waals surface area contributed by atoms with E-state index in [1.807, 2.05) is 42.5 Å². The van der Waals surface area contributed by atoms with Crippen molar-refractivity contribution in [2.75, 3.05) is 36.4 Å². The number of nitrogens with zero attached hydrogens (tertiary/aromatic N) is 2. The number of thiocarbonyl (C=S) groups is 1. The lowest BCUT2D eigenvalue weighted by atomic mass is 10.2. The second-order valence-electron chi connectivity index (χ2n) is 9.13. The van der Waals surface area contributed by atoms with E-state index in [9.17, 15) is 9.59 Å². The average molecular weight is 575 g/mol. The highest BCUT2D eigenvalue weighted by atomic mass is 35.5. The molecule has 0 bridgehead atoms. The van der Waals surface area contributed by atoms with Crippen LogP contribution >= 0.6 is 23.8 Å². The van der Waals surface area contributed by atoms with Gasteiger partial charge in [0.1, 0.15) is 12.4 Å². The number of carbonyl (C=O) groups is 2. The Morgan fingerprint density at radius 1 is 0.925 bits per heavy atom. The number of hydrogen-bond donors (Lipinski definition) is 2. The lowest BCUT2D eigenvalue weighted by Gasteiger charge is -2.36. The first-order valence-corrected chi connectivity index (χ1v) is 13.5. The third-order valence-corrected chi connectivity index (χ3v) is 6.94. The normalized spacial score (nSPS) is 13.0. The van der Waals surface area contributed by atoms with Crippen LogP contribution in [0.2, 0.25) is 5.02 Å². The van der Waals surface area contributed by atoms with E-state index < -0.39 is 0 Å². The molecule has 5 rings (SSSR count). The van der Waals surface area contributed by atoms with Gasteiger partial charge in [0.2, 0.25) is 0 Å². The molecular weight excluding hydrogens is 548 g/mol. The molecule has 2 heterocycles. The van der Waals surface area contributed by atoms with Gasteiger partial charge in [-0.2, -0.15) is 0 Å². The van der Waals surface area contributed by atoms with E-state index in [2.05, 4.69) is 15.5 Å². The van der Waals surface area contributed by atoms with E-state index in [-0.39, 0.29) is 16.9 Å². The van der Waals surface area contributed by atoms with Crippen molar-refractivity contribution in [1.29, 1.82) is 0 Å². The summed E-state index contributed by atoms with van der Waals surface area (Å²) in [6, 6.07) is 25.6. The molecule has 3 aromatic carbocycles. The number of anilines is 2. The molecule has 40 heavy (non-hydrogen) atoms. The van der Waals surface area contributed by atoms with Crippen molar-refractivity contribution in [3.05, 3.63) is 113 Å². The Balaban J connectivity index is 1.10. The lowest BCUT2D eigenvalue weighted by molar-refractivity contribution is 0.0714. The van der Waals surface area contributed by atoms with Crippen molar-refractivity contribution >= 4 is 52.1 Å². The number of carbonyl (C=O) groups excluding carboxylic acids is 2. The Morgan fingerprint density at radius 2 is 1.68 bits per heavy atom. The zero-order chi connectivity index (χ0) is 27.9. The van der Waals surface area contributed by atoms with Gasteiger partial charge in [0.05, 0.1) is 17.0 Å². The largest absolute Gasteiger partial charge is 0.489 e. The van der Waals surface area contributed by atoms with Gasteiger partial charge in [-0.15, -0.1) is 0 Å². The van der Waals surface area contributed by atoms with E-state index in [0.29, 0.717) is 60.6 Å². The van der Waals surface area contributed by atoms with Crippen LogP contribution in [-0.4, -0.2) is 48.0 Å². The zero-order valence-electron chi connectivity index (χ0n) is 21.5. The molecule has 0 radical (unpaired) electrons. The Bertz CT molecular complexity index is 1470. The molecule has 1 aliphatic rings. The number of hydrogen-bond acceptors (Lipinski definition) is 6. The molecule has 10 heteroatoms. The predicted molar refractivity (Wildman–Crippen MR) is 159 cm³/mol. The maximum absolute atomic E-state index is 12.7. The fourth-order valence-electron chi connectivity index (χ4n) is 4.33. The minimum Gasteiger partial charge on any atom is -0.489 e. The van der Waals surface area contributed by atoms with Gasteiger partial charge in [0.15, 0.2) is 10.9 Å². The van der Waals surface area contributed by atoms with Crippen LogP contribution in [0.3, 0.4) is 0 Å². The standard InChI is InChI=1S/C30H27ClN4O4S/c31-25-19-23(10-13-26(25)34-14-16-35(17-15-34)29(37)27-7-4-18-38-27)32-30(40)33-28(36)22-8-11-24(12-9-22)39-20-21-5-2-1-3-6-21/h1-13,18-19H,14-17,20H2,(H2,32,33,36,40). The average Bonchev–Trinajstić information content (AvgIpc) is 3.52. The van der Waals surface area contributed by atoms with Gasteiger partial charge in [-0.3, -0.25) is 14.9 Å². The number of furan rings is 1. The maximum atomic E-state index is 12.7. The number of piperazine rings is 1. The van der Waals surface area contributed by atoms with Crippen molar-refractivity contribution in [2.24, 2.45) is 0 Å². The molecule has 1 saturated heterocycles. The van der Waals surface area contributed by atoms with Gasteiger partial charge < -0.3 is 24.3 Å². The molecule has 8 nitrogen and oxygen atoms in total. The number of halogens is 1. The van der Waals surface area contributed by atoms with Gasteiger partial charge in [-0.05, 0) is 72.4 Å². The van der Waals surface area contributed by atoms with Gasteiger partial charge >= 0.3 is 0 Å². The van der Waals surface area contributed by atoms with Crippen LogP contribution in [0.1, 0.15) is 26.5 Å². The van der Waals surface area contributed by atoms with Crippen molar-refractivity contribution in [2.45, 2.75) is 6.61 Å². The molecule has 4 aromatic rings. The zero-order valence-corrected chi connectivity index (χ0v) is 23.1. The summed E-state index contributed by atoms with van der Waals surface area (Å²) in [5.41, 5.74) is 3.03. The second kappa shape index (κ2) is 12.7. The van der Waals surface area contributed by atoms with Crippen LogP contribution < -0.4 is 20.3 Å². The topological polar surface area (TPSA) is 87.1 Å². The van der Waals surface area contributed by atoms with Crippen molar-refractivity contribution in [3.63, 3.8) is 0 Å². The van der Waals surface area contributed by atoms with E-state index >= 15 is 0 Å². The molecule has 0 unspecified atom stereocenters. The van der Waals surface area contributed by atoms with Crippen LogP contribution in [0.25, 0.3) is 0 Å². The highest BCUT2D eigenvalue weighted by Gasteiger charge is 2.24. The van der Waals surface area contributed by atoms with Crippen LogP contribution in [0.5, 0.6) is 5.75 Å². The van der Waals surface area contributed by atoms with E-state index in [1.54, 1.807) is 47.4 Å². The predicted octanol–water partition coefficient (Wildman–Crippen LogP) is 5.60. The maximum Gasteiger partial charge on any atom is 0.289 e. The Kier molecular flexibility index (Phi) is 8.63. The first-order chi connectivity index (χ1) is 19.5. The van der Waals surface area contributed by atoms with Crippen molar-refractivity contribution < 1.29 is 18.7 Å². The molecular formula is C30H27ClN4O4S. The Morgan fingerprint density at radius 3 is 2.35 bits per heavy atom. The minimum atomic E-state index is -0.336. The molecule has 0 atom stereocenters. The summed E-state index contributed by atoms with van der Waals surface area (Å²) in [4.78, 5) is 29.1. The fourth-order valence-corrected chi connectivity index (χ4v) is 4.84. The number of benzene rings is 3. The molecule has 0 aliphatic carbocycles. The smallest absolute Gasteiger partial charge is 0.289 e. The fraction of sp³-hybridized carbons (Fsp3) is 0.167. The summed E-state index contributed by atoms with van der Waals surface area (Å²) in [7, 11) is 0. The van der Waals surface area contributed by atoms with E-state index in [4.69, 9.17) is 33.0 Å². The molecule has 1 aromatic heterocycles. The molecule has 2 N–H and O–H groups in total. The van der Waals surface area contributed by atoms with E-state index in [0.717, 1.165) is 11.3 Å². The number of amides is 2. The summed E-state index contributed by atoms with van der Waals surface area (Å²) in [5, 5.41) is 6.39. The van der Waals surface area contributed by atoms with E-state index in [1.165, 1.54) is 6.26 Å². The summed E-state index contributed by atoms with van der Waals surface area (Å²) >= 11 is 11.9. The number of ether oxygens (including phenoxy) is 1. The van der Waals surface area contributed by atoms with Crippen LogP contribution in [0, 0.1) is 0 Å². The molecule has 0 saturated carbocycles. The van der Waals surface area contributed by atoms with Crippen LogP contribution in [0.4, 0.5) is 11.4 Å². The van der Waals surface area contributed by atoms with Gasteiger partial charge in [-0.25, -0.2) is 0 Å². The number of nitrogens with one attached hydrogen (secondary N) is 2. The van der Waals surface area contributed by atoms with Gasteiger partial charge in [0, 0.05) is 37.4 Å². The van der Waals surface area contributed by atoms with Gasteiger partial charge in [0.25, 0.3) is 11.8 Å². The number of rotatable bonds is 7. The van der Waals surface area contributed by atoms with Gasteiger partial charge in [-0.1, -0.05) is 41.9 Å². The molecule has 204 valence electrons. The first kappa shape index (κ1) is 27.2. The first-order valence-electron chi connectivity index (χ1n) is 12.7. The highest BCUT2D eigenvalue weighted by molar-refractivity contribution is 7.80. The quantitative estimate of drug-likeness (QED) is 0.278.